The zero-order valence-electron chi connectivity index (χ0n) is 8.63. The number of halogens is 1. The monoisotopic (exact) mass is 212 g/mol. The van der Waals surface area contributed by atoms with Crippen molar-refractivity contribution in [1.29, 1.82) is 0 Å². The summed E-state index contributed by atoms with van der Waals surface area (Å²) in [6.07, 6.45) is 0. The molecule has 2 nitrogen and oxygen atoms in total. The summed E-state index contributed by atoms with van der Waals surface area (Å²) in [7, 11) is 0. The molecule has 3 N–H and O–H groups in total. The Balaban J connectivity index is 2.69. The summed E-state index contributed by atoms with van der Waals surface area (Å²) >= 11 is 6.07. The molecule has 0 saturated heterocycles. The van der Waals surface area contributed by atoms with Gasteiger partial charge in [-0.3, -0.25) is 0 Å². The molecule has 0 aliphatic carbocycles. The number of benzene rings is 1. The van der Waals surface area contributed by atoms with Gasteiger partial charge in [-0.25, -0.2) is 0 Å². The largest absolute Gasteiger partial charge is 0.329 e. The molecule has 0 amide bonds. The molecule has 0 bridgehead atoms. The number of nitrogens with one attached hydrogen (secondary N) is 1. The Kier molecular flexibility index (Phi) is 4.39. The minimum absolute atomic E-state index is 0.238. The maximum absolute atomic E-state index is 6.07. The average Bonchev–Trinajstić information content (AvgIpc) is 2.18. The van der Waals surface area contributed by atoms with Crippen LogP contribution < -0.4 is 11.1 Å². The minimum Gasteiger partial charge on any atom is -0.329 e. The van der Waals surface area contributed by atoms with Crippen LogP contribution in [0.15, 0.2) is 24.3 Å². The molecule has 78 valence electrons. The molecule has 14 heavy (non-hydrogen) atoms. The molecule has 0 radical (unpaired) electrons. The zero-order chi connectivity index (χ0) is 10.6. The van der Waals surface area contributed by atoms with Gasteiger partial charge >= 0.3 is 0 Å². The fourth-order valence-corrected chi connectivity index (χ4v) is 1.71. The summed E-state index contributed by atoms with van der Waals surface area (Å²) in [6.45, 7) is 4.79. The second-order valence-corrected chi connectivity index (χ2v) is 3.95. The predicted molar refractivity (Wildman–Crippen MR) is 61.5 cm³/mol. The molecule has 3 heteroatoms. The van der Waals surface area contributed by atoms with Gasteiger partial charge in [0.1, 0.15) is 0 Å². The van der Waals surface area contributed by atoms with Gasteiger partial charge in [-0.2, -0.15) is 0 Å². The Morgan fingerprint density at radius 3 is 2.57 bits per heavy atom. The average molecular weight is 213 g/mol. The third-order valence-electron chi connectivity index (χ3n) is 2.26. The van der Waals surface area contributed by atoms with E-state index in [-0.39, 0.29) is 6.04 Å². The first-order valence-electron chi connectivity index (χ1n) is 4.85. The van der Waals surface area contributed by atoms with Crippen molar-refractivity contribution in [3.8, 4) is 0 Å². The molecule has 0 aliphatic heterocycles. The second kappa shape index (κ2) is 5.35. The van der Waals surface area contributed by atoms with Crippen molar-refractivity contribution in [3.05, 3.63) is 34.9 Å². The van der Waals surface area contributed by atoms with Crippen LogP contribution in [0.5, 0.6) is 0 Å². The van der Waals surface area contributed by atoms with Gasteiger partial charge in [0.25, 0.3) is 0 Å². The topological polar surface area (TPSA) is 38.0 Å². The summed E-state index contributed by atoms with van der Waals surface area (Å²) in [5.74, 6) is 0. The minimum atomic E-state index is 0.238. The molecular formula is C11H17ClN2. The Hall–Kier alpha value is -0.570. The Morgan fingerprint density at radius 1 is 1.36 bits per heavy atom. The van der Waals surface area contributed by atoms with Gasteiger partial charge in [-0.1, -0.05) is 29.8 Å². The maximum atomic E-state index is 6.07. The number of hydrogen-bond acceptors (Lipinski definition) is 2. The summed E-state index contributed by atoms with van der Waals surface area (Å²) in [5.41, 5.74) is 6.66. The first kappa shape index (κ1) is 11.5. The van der Waals surface area contributed by atoms with Crippen molar-refractivity contribution in [2.45, 2.75) is 25.9 Å². The lowest BCUT2D eigenvalue weighted by Gasteiger charge is -2.19. The molecule has 0 spiro atoms. The van der Waals surface area contributed by atoms with Crippen molar-refractivity contribution < 1.29 is 0 Å². The number of nitrogens with two attached hydrogens (primary N) is 1. The molecule has 2 atom stereocenters. The molecule has 0 aliphatic rings. The fraction of sp³-hybridized carbons (Fsp3) is 0.455. The van der Waals surface area contributed by atoms with E-state index in [1.807, 2.05) is 24.3 Å². The third-order valence-corrected chi connectivity index (χ3v) is 2.60. The summed E-state index contributed by atoms with van der Waals surface area (Å²) in [5, 5.41) is 4.18. The quantitative estimate of drug-likeness (QED) is 0.804. The lowest BCUT2D eigenvalue weighted by molar-refractivity contribution is 0.485. The van der Waals surface area contributed by atoms with Crippen molar-refractivity contribution in [2.75, 3.05) is 6.54 Å². The standard InChI is InChI=1S/C11H17ClN2/c1-8(7-13)14-9(2)10-5-3-4-6-11(10)12/h3-6,8-9,14H,7,13H2,1-2H3. The van der Waals surface area contributed by atoms with Gasteiger partial charge in [-0.15, -0.1) is 0 Å². The van der Waals surface area contributed by atoms with Crippen LogP contribution >= 0.6 is 11.6 Å². The van der Waals surface area contributed by atoms with E-state index in [1.165, 1.54) is 0 Å². The van der Waals surface area contributed by atoms with Crippen LogP contribution in [0.25, 0.3) is 0 Å². The maximum Gasteiger partial charge on any atom is 0.0453 e. The van der Waals surface area contributed by atoms with Gasteiger partial charge in [0.05, 0.1) is 0 Å². The van der Waals surface area contributed by atoms with Crippen LogP contribution in [0.4, 0.5) is 0 Å². The Labute approximate surface area is 90.4 Å². The van der Waals surface area contributed by atoms with Crippen LogP contribution in [-0.2, 0) is 0 Å². The third kappa shape index (κ3) is 2.98. The highest BCUT2D eigenvalue weighted by Crippen LogP contribution is 2.22. The zero-order valence-corrected chi connectivity index (χ0v) is 9.38. The molecule has 0 saturated carbocycles. The van der Waals surface area contributed by atoms with E-state index in [0.29, 0.717) is 12.6 Å². The van der Waals surface area contributed by atoms with Crippen molar-refractivity contribution >= 4 is 11.6 Å². The first-order chi connectivity index (χ1) is 6.65. The summed E-state index contributed by atoms with van der Waals surface area (Å²) in [4.78, 5) is 0. The smallest absolute Gasteiger partial charge is 0.0453 e. The molecule has 1 rings (SSSR count). The highest BCUT2D eigenvalue weighted by Gasteiger charge is 2.10. The van der Waals surface area contributed by atoms with E-state index in [0.717, 1.165) is 10.6 Å². The van der Waals surface area contributed by atoms with Crippen LogP contribution in [0.1, 0.15) is 25.5 Å². The molecule has 2 unspecified atom stereocenters. The van der Waals surface area contributed by atoms with Gasteiger partial charge in [0, 0.05) is 23.7 Å². The Bertz CT molecular complexity index is 288. The lowest BCUT2D eigenvalue weighted by Crippen LogP contribution is -2.35. The van der Waals surface area contributed by atoms with Crippen LogP contribution in [0.3, 0.4) is 0 Å². The first-order valence-corrected chi connectivity index (χ1v) is 5.23. The van der Waals surface area contributed by atoms with E-state index >= 15 is 0 Å². The second-order valence-electron chi connectivity index (χ2n) is 3.55. The van der Waals surface area contributed by atoms with Crippen molar-refractivity contribution in [1.82, 2.24) is 5.32 Å². The molecule has 1 aromatic rings. The summed E-state index contributed by atoms with van der Waals surface area (Å²) < 4.78 is 0. The van der Waals surface area contributed by atoms with Gasteiger partial charge in [0.15, 0.2) is 0 Å². The number of rotatable bonds is 4. The SMILES string of the molecule is CC(CN)NC(C)c1ccccc1Cl. The molecule has 0 heterocycles. The van der Waals surface area contributed by atoms with Gasteiger partial charge in [0.2, 0.25) is 0 Å². The van der Waals surface area contributed by atoms with Crippen LogP contribution in [0, 0.1) is 0 Å². The highest BCUT2D eigenvalue weighted by atomic mass is 35.5. The van der Waals surface area contributed by atoms with E-state index in [9.17, 15) is 0 Å². The Morgan fingerprint density at radius 2 is 2.00 bits per heavy atom. The number of hydrogen-bond donors (Lipinski definition) is 2. The summed E-state index contributed by atoms with van der Waals surface area (Å²) in [6, 6.07) is 8.41. The van der Waals surface area contributed by atoms with Crippen molar-refractivity contribution in [3.63, 3.8) is 0 Å². The van der Waals surface area contributed by atoms with Gasteiger partial charge in [-0.05, 0) is 25.5 Å². The van der Waals surface area contributed by atoms with E-state index in [4.69, 9.17) is 17.3 Å². The molecular weight excluding hydrogens is 196 g/mol. The molecule has 1 aromatic carbocycles. The van der Waals surface area contributed by atoms with Crippen LogP contribution in [0.2, 0.25) is 5.02 Å². The normalized spacial score (nSPS) is 15.1. The van der Waals surface area contributed by atoms with E-state index in [2.05, 4.69) is 19.2 Å². The molecule has 0 aromatic heterocycles. The fourth-order valence-electron chi connectivity index (χ4n) is 1.41. The van der Waals surface area contributed by atoms with Crippen molar-refractivity contribution in [2.24, 2.45) is 5.73 Å². The van der Waals surface area contributed by atoms with Crippen LogP contribution in [-0.4, -0.2) is 12.6 Å². The van der Waals surface area contributed by atoms with Gasteiger partial charge < -0.3 is 11.1 Å². The van der Waals surface area contributed by atoms with E-state index < -0.39 is 0 Å². The highest BCUT2D eigenvalue weighted by molar-refractivity contribution is 6.31. The predicted octanol–water partition coefficient (Wildman–Crippen LogP) is 2.34. The lowest BCUT2D eigenvalue weighted by atomic mass is 10.1. The van der Waals surface area contributed by atoms with E-state index in [1.54, 1.807) is 0 Å². The molecule has 0 fully saturated rings.